The molecule has 5 aromatic rings. The zero-order valence-corrected chi connectivity index (χ0v) is 26.6. The lowest BCUT2D eigenvalue weighted by Crippen LogP contribution is -2.49. The normalized spacial score (nSPS) is 11.2. The highest BCUT2D eigenvalue weighted by atomic mass is 16.6. The molecule has 250 valence electrons. The maximum Gasteiger partial charge on any atom is 0.411 e. The van der Waals surface area contributed by atoms with E-state index in [0.29, 0.717) is 22.5 Å². The summed E-state index contributed by atoms with van der Waals surface area (Å²) < 4.78 is 15.8. The van der Waals surface area contributed by atoms with Crippen molar-refractivity contribution in [1.82, 2.24) is 10.6 Å². The molecular weight excluding hydrogens is 628 g/mol. The van der Waals surface area contributed by atoms with Crippen molar-refractivity contribution in [1.29, 1.82) is 0 Å². The van der Waals surface area contributed by atoms with Crippen LogP contribution in [-0.4, -0.2) is 36.6 Å². The monoisotopic (exact) mass is 662 g/mol. The number of fused-ring (bicyclic) bond motifs is 1. The molecular formula is C37H34N4O8. The van der Waals surface area contributed by atoms with E-state index >= 15 is 0 Å². The maximum absolute atomic E-state index is 13.1. The van der Waals surface area contributed by atoms with Crippen molar-refractivity contribution in [2.24, 2.45) is 0 Å². The van der Waals surface area contributed by atoms with Gasteiger partial charge in [0.25, 0.3) is 0 Å². The van der Waals surface area contributed by atoms with Gasteiger partial charge in [-0.25, -0.2) is 14.4 Å². The first kappa shape index (κ1) is 33.9. The van der Waals surface area contributed by atoms with E-state index < -0.39 is 35.7 Å². The van der Waals surface area contributed by atoms with Gasteiger partial charge in [0, 0.05) is 35.3 Å². The lowest BCUT2D eigenvalue weighted by atomic mass is 10.1. The third-order valence-electron chi connectivity index (χ3n) is 7.33. The van der Waals surface area contributed by atoms with E-state index in [1.54, 1.807) is 49.4 Å². The molecule has 0 unspecified atom stereocenters. The maximum atomic E-state index is 13.1. The smallest absolute Gasteiger partial charge is 0.411 e. The topological polar surface area (TPSA) is 165 Å². The Morgan fingerprint density at radius 2 is 1.31 bits per heavy atom. The van der Waals surface area contributed by atoms with Gasteiger partial charge < -0.3 is 29.8 Å². The second-order valence-electron chi connectivity index (χ2n) is 11.1. The predicted molar refractivity (Wildman–Crippen MR) is 183 cm³/mol. The minimum atomic E-state index is -0.985. The van der Waals surface area contributed by atoms with Crippen LogP contribution < -0.4 is 26.9 Å². The van der Waals surface area contributed by atoms with Crippen molar-refractivity contribution in [3.8, 4) is 0 Å². The molecule has 4 aromatic carbocycles. The Labute approximate surface area is 281 Å². The summed E-state index contributed by atoms with van der Waals surface area (Å²) in [6.07, 6.45) is -1.27. The number of hydrogen-bond acceptors (Lipinski definition) is 8. The van der Waals surface area contributed by atoms with Crippen LogP contribution in [-0.2, 0) is 38.7 Å². The molecule has 0 aliphatic heterocycles. The summed E-state index contributed by atoms with van der Waals surface area (Å²) in [6.45, 7) is 1.46. The highest BCUT2D eigenvalue weighted by Crippen LogP contribution is 2.21. The summed E-state index contributed by atoms with van der Waals surface area (Å²) in [4.78, 5) is 62.2. The van der Waals surface area contributed by atoms with Gasteiger partial charge in [-0.3, -0.25) is 14.9 Å². The molecule has 1 atom stereocenters. The number of nitrogens with one attached hydrogen (secondary N) is 4. The second kappa shape index (κ2) is 16.4. The van der Waals surface area contributed by atoms with Crippen LogP contribution in [0.15, 0.2) is 118 Å². The van der Waals surface area contributed by atoms with Crippen LogP contribution in [0.5, 0.6) is 0 Å². The van der Waals surface area contributed by atoms with Gasteiger partial charge in [-0.1, -0.05) is 72.8 Å². The zero-order chi connectivity index (χ0) is 34.6. The number of alkyl carbamates (subject to hydrolysis) is 1. The van der Waals surface area contributed by atoms with E-state index in [1.165, 1.54) is 6.07 Å². The number of hydrogen-bond donors (Lipinski definition) is 4. The number of carbonyl (C=O) groups excluding carboxylic acids is 4. The lowest BCUT2D eigenvalue weighted by molar-refractivity contribution is -0.125. The van der Waals surface area contributed by atoms with Gasteiger partial charge in [-0.05, 0) is 53.4 Å². The first-order valence-electron chi connectivity index (χ1n) is 15.4. The van der Waals surface area contributed by atoms with Crippen molar-refractivity contribution >= 4 is 46.3 Å². The lowest BCUT2D eigenvalue weighted by Gasteiger charge is -2.18. The van der Waals surface area contributed by atoms with Gasteiger partial charge in [-0.2, -0.15) is 0 Å². The third-order valence-corrected chi connectivity index (χ3v) is 7.33. The van der Waals surface area contributed by atoms with Crippen LogP contribution in [0.25, 0.3) is 11.0 Å². The summed E-state index contributed by atoms with van der Waals surface area (Å²) in [5, 5.41) is 11.2. The minimum absolute atomic E-state index is 0.0402. The van der Waals surface area contributed by atoms with Gasteiger partial charge in [-0.15, -0.1) is 0 Å². The molecule has 0 fully saturated rings. The van der Waals surface area contributed by atoms with E-state index in [2.05, 4.69) is 21.3 Å². The number of amides is 4. The number of benzene rings is 4. The van der Waals surface area contributed by atoms with Crippen LogP contribution in [0.2, 0.25) is 0 Å². The van der Waals surface area contributed by atoms with Gasteiger partial charge in [0.05, 0.1) is 6.54 Å². The Hall–Kier alpha value is -6.43. The molecule has 4 amide bonds. The molecule has 1 heterocycles. The Balaban J connectivity index is 1.08. The average Bonchev–Trinajstić information content (AvgIpc) is 3.10. The molecule has 0 aliphatic rings. The first-order chi connectivity index (χ1) is 23.7. The van der Waals surface area contributed by atoms with Crippen LogP contribution in [0.4, 0.5) is 21.0 Å². The Morgan fingerprint density at radius 3 is 2.00 bits per heavy atom. The fourth-order valence-electron chi connectivity index (χ4n) is 4.85. The second-order valence-corrected chi connectivity index (χ2v) is 11.1. The standard InChI is InChI=1S/C37H34N4O8/c1-24-18-34(43)49-32-20-29(16-17-30(24)32)40-36(45)47-23-27-12-14-28(15-13-27)39-33(42)21-38-35(44)31(19-25-8-4-2-5-9-25)41-37(46)48-22-26-10-6-3-7-11-26/h2-18,20,31H,19,21-23H2,1H3,(H,38,44)(H,39,42)(H,40,45)(H,41,46)/t31-/m0/s1. The number of rotatable bonds is 12. The van der Waals surface area contributed by atoms with Crippen molar-refractivity contribution < 1.29 is 33.1 Å². The third kappa shape index (κ3) is 10.3. The SMILES string of the molecule is Cc1cc(=O)oc2cc(NC(=O)OCc3ccc(NC(=O)CNC(=O)[C@H](Cc4ccccc4)NC(=O)OCc4ccccc4)cc3)ccc12. The van der Waals surface area contributed by atoms with Crippen molar-refractivity contribution in [3.05, 3.63) is 142 Å². The Kier molecular flexibility index (Phi) is 11.4. The molecule has 1 aromatic heterocycles. The van der Waals surface area contributed by atoms with Gasteiger partial charge in [0.1, 0.15) is 24.8 Å². The van der Waals surface area contributed by atoms with Gasteiger partial charge >= 0.3 is 17.8 Å². The molecule has 4 N–H and O–H groups in total. The highest BCUT2D eigenvalue weighted by molar-refractivity contribution is 5.96. The molecule has 0 saturated carbocycles. The van der Waals surface area contributed by atoms with E-state index in [4.69, 9.17) is 13.9 Å². The summed E-state index contributed by atoms with van der Waals surface area (Å²) in [5.41, 5.74) is 3.78. The fraction of sp³-hybridized carbons (Fsp3) is 0.162. The quantitative estimate of drug-likeness (QED) is 0.128. The molecule has 0 saturated heterocycles. The van der Waals surface area contributed by atoms with E-state index in [9.17, 15) is 24.0 Å². The van der Waals surface area contributed by atoms with Crippen molar-refractivity contribution in [2.75, 3.05) is 17.2 Å². The van der Waals surface area contributed by atoms with Crippen LogP contribution >= 0.6 is 0 Å². The zero-order valence-electron chi connectivity index (χ0n) is 26.6. The number of anilines is 2. The molecule has 0 radical (unpaired) electrons. The average molecular weight is 663 g/mol. The van der Waals surface area contributed by atoms with Crippen molar-refractivity contribution in [3.63, 3.8) is 0 Å². The molecule has 5 rings (SSSR count). The number of ether oxygens (including phenoxy) is 2. The minimum Gasteiger partial charge on any atom is -0.445 e. The van der Waals surface area contributed by atoms with Crippen LogP contribution in [0.3, 0.4) is 0 Å². The molecule has 12 heteroatoms. The molecule has 0 aliphatic carbocycles. The highest BCUT2D eigenvalue weighted by Gasteiger charge is 2.23. The molecule has 0 spiro atoms. The van der Waals surface area contributed by atoms with E-state index in [-0.39, 0.29) is 26.2 Å². The molecule has 0 bridgehead atoms. The summed E-state index contributed by atoms with van der Waals surface area (Å²) in [6, 6.07) is 30.3. The van der Waals surface area contributed by atoms with Crippen molar-refractivity contribution in [2.45, 2.75) is 32.6 Å². The number of aryl methyl sites for hydroxylation is 1. The van der Waals surface area contributed by atoms with E-state index in [1.807, 2.05) is 60.7 Å². The van der Waals surface area contributed by atoms with Crippen LogP contribution in [0, 0.1) is 6.92 Å². The largest absolute Gasteiger partial charge is 0.445 e. The Morgan fingerprint density at radius 1 is 0.694 bits per heavy atom. The van der Waals surface area contributed by atoms with Gasteiger partial charge in [0.15, 0.2) is 0 Å². The Bertz CT molecular complexity index is 1980. The number of carbonyl (C=O) groups is 4. The predicted octanol–water partition coefficient (Wildman–Crippen LogP) is 5.44. The van der Waals surface area contributed by atoms with Crippen LogP contribution in [0.1, 0.15) is 22.3 Å². The van der Waals surface area contributed by atoms with E-state index in [0.717, 1.165) is 22.1 Å². The summed E-state index contributed by atoms with van der Waals surface area (Å²) >= 11 is 0. The first-order valence-corrected chi connectivity index (χ1v) is 15.4. The van der Waals surface area contributed by atoms with Gasteiger partial charge in [0.2, 0.25) is 11.8 Å². The molecule has 12 nitrogen and oxygen atoms in total. The summed E-state index contributed by atoms with van der Waals surface area (Å²) in [7, 11) is 0. The fourth-order valence-corrected chi connectivity index (χ4v) is 4.85. The summed E-state index contributed by atoms with van der Waals surface area (Å²) in [5.74, 6) is -1.03. The molecule has 49 heavy (non-hydrogen) atoms.